The summed E-state index contributed by atoms with van der Waals surface area (Å²) in [7, 11) is 0. The topological polar surface area (TPSA) is 77.0 Å². The average molecular weight is 228 g/mol. The molecule has 2 aromatic heterocycles. The molecule has 17 heavy (non-hydrogen) atoms. The molecule has 0 unspecified atom stereocenters. The maximum atomic E-state index is 9.04. The molecular weight excluding hydrogens is 216 g/mol. The zero-order chi connectivity index (χ0) is 11.8. The Hall–Kier alpha value is -2.14. The monoisotopic (exact) mass is 228 g/mol. The van der Waals surface area contributed by atoms with Crippen molar-refractivity contribution in [1.82, 2.24) is 14.5 Å². The van der Waals surface area contributed by atoms with Crippen molar-refractivity contribution in [2.24, 2.45) is 0 Å². The predicted molar refractivity (Wildman–Crippen MR) is 66.5 cm³/mol. The van der Waals surface area contributed by atoms with E-state index in [1.165, 1.54) is 0 Å². The molecule has 0 saturated carbocycles. The Kier molecular flexibility index (Phi) is 2.19. The van der Waals surface area contributed by atoms with Crippen LogP contribution in [0.4, 0.5) is 5.82 Å². The highest BCUT2D eigenvalue weighted by atomic mass is 16.3. The third kappa shape index (κ3) is 1.43. The summed E-state index contributed by atoms with van der Waals surface area (Å²) in [5.74, 6) is 0.426. The Bertz CT molecular complexity index is 689. The number of nitrogen functional groups attached to an aromatic ring is 1. The number of anilines is 1. The molecule has 0 spiro atoms. The van der Waals surface area contributed by atoms with Gasteiger partial charge in [-0.05, 0) is 6.07 Å². The SMILES string of the molecule is Nc1nc2ccccc2c2c1ncn2CCO. The van der Waals surface area contributed by atoms with Crippen LogP contribution in [0.5, 0.6) is 0 Å². The number of benzene rings is 1. The molecule has 1 aromatic carbocycles. The summed E-state index contributed by atoms with van der Waals surface area (Å²) >= 11 is 0. The molecule has 0 aliphatic carbocycles. The Morgan fingerprint density at radius 2 is 2.12 bits per heavy atom. The first-order valence-corrected chi connectivity index (χ1v) is 5.41. The number of fused-ring (bicyclic) bond motifs is 3. The van der Waals surface area contributed by atoms with Crippen molar-refractivity contribution < 1.29 is 5.11 Å². The summed E-state index contributed by atoms with van der Waals surface area (Å²) < 4.78 is 1.90. The van der Waals surface area contributed by atoms with E-state index in [0.717, 1.165) is 16.4 Å². The molecule has 0 aliphatic rings. The van der Waals surface area contributed by atoms with Gasteiger partial charge in [0, 0.05) is 11.9 Å². The Morgan fingerprint density at radius 1 is 1.29 bits per heavy atom. The number of rotatable bonds is 2. The highest BCUT2D eigenvalue weighted by Crippen LogP contribution is 2.26. The predicted octanol–water partition coefficient (Wildman–Crippen LogP) is 1.16. The smallest absolute Gasteiger partial charge is 0.152 e. The second-order valence-electron chi connectivity index (χ2n) is 3.87. The second-order valence-corrected chi connectivity index (χ2v) is 3.87. The highest BCUT2D eigenvalue weighted by molar-refractivity contribution is 6.06. The Morgan fingerprint density at radius 3 is 2.94 bits per heavy atom. The van der Waals surface area contributed by atoms with Gasteiger partial charge in [-0.2, -0.15) is 0 Å². The van der Waals surface area contributed by atoms with Crippen molar-refractivity contribution in [3.63, 3.8) is 0 Å². The normalized spacial score (nSPS) is 11.4. The van der Waals surface area contributed by atoms with E-state index >= 15 is 0 Å². The molecule has 0 radical (unpaired) electrons. The fourth-order valence-electron chi connectivity index (χ4n) is 2.08. The number of hydrogen-bond acceptors (Lipinski definition) is 4. The number of para-hydroxylation sites is 1. The summed E-state index contributed by atoms with van der Waals surface area (Å²) in [6, 6.07) is 7.78. The van der Waals surface area contributed by atoms with E-state index in [9.17, 15) is 0 Å². The van der Waals surface area contributed by atoms with Gasteiger partial charge in [-0.1, -0.05) is 18.2 Å². The molecule has 0 aliphatic heterocycles. The lowest BCUT2D eigenvalue weighted by Crippen LogP contribution is -2.01. The molecule has 0 amide bonds. The van der Waals surface area contributed by atoms with Gasteiger partial charge in [0.25, 0.3) is 0 Å². The summed E-state index contributed by atoms with van der Waals surface area (Å²) in [6.07, 6.45) is 1.69. The zero-order valence-electron chi connectivity index (χ0n) is 9.17. The number of aromatic nitrogens is 3. The van der Waals surface area contributed by atoms with Gasteiger partial charge in [0.05, 0.1) is 24.0 Å². The lowest BCUT2D eigenvalue weighted by molar-refractivity contribution is 0.278. The number of aliphatic hydroxyl groups excluding tert-OH is 1. The quantitative estimate of drug-likeness (QED) is 0.690. The molecule has 0 saturated heterocycles. The van der Waals surface area contributed by atoms with Gasteiger partial charge < -0.3 is 15.4 Å². The molecule has 5 nitrogen and oxygen atoms in total. The molecular formula is C12H12N4O. The Labute approximate surface area is 97.5 Å². The van der Waals surface area contributed by atoms with Crippen LogP contribution in [0.2, 0.25) is 0 Å². The molecule has 0 fully saturated rings. The van der Waals surface area contributed by atoms with Crippen LogP contribution < -0.4 is 5.73 Å². The fraction of sp³-hybridized carbons (Fsp3) is 0.167. The van der Waals surface area contributed by atoms with Crippen molar-refractivity contribution in [1.29, 1.82) is 0 Å². The summed E-state index contributed by atoms with van der Waals surface area (Å²) in [5, 5.41) is 10.0. The van der Waals surface area contributed by atoms with E-state index in [0.29, 0.717) is 17.9 Å². The first-order chi connectivity index (χ1) is 8.31. The minimum absolute atomic E-state index is 0.0714. The largest absolute Gasteiger partial charge is 0.395 e. The second kappa shape index (κ2) is 3.71. The zero-order valence-corrected chi connectivity index (χ0v) is 9.17. The van der Waals surface area contributed by atoms with Gasteiger partial charge in [0.1, 0.15) is 5.52 Å². The third-order valence-electron chi connectivity index (χ3n) is 2.82. The standard InChI is InChI=1S/C12H12N4O/c13-12-10-11(16(5-6-17)7-14-10)8-3-1-2-4-9(8)15-12/h1-4,7,17H,5-6H2,(H2,13,15). The van der Waals surface area contributed by atoms with Gasteiger partial charge in [-0.15, -0.1) is 0 Å². The van der Waals surface area contributed by atoms with Crippen LogP contribution in [0, 0.1) is 0 Å². The molecule has 86 valence electrons. The molecule has 0 bridgehead atoms. The van der Waals surface area contributed by atoms with Crippen LogP contribution in [-0.2, 0) is 6.54 Å². The van der Waals surface area contributed by atoms with Gasteiger partial charge in [-0.3, -0.25) is 0 Å². The third-order valence-corrected chi connectivity index (χ3v) is 2.82. The van der Waals surface area contributed by atoms with Gasteiger partial charge in [-0.25, -0.2) is 9.97 Å². The minimum atomic E-state index is 0.0714. The highest BCUT2D eigenvalue weighted by Gasteiger charge is 2.11. The molecule has 3 rings (SSSR count). The van der Waals surface area contributed by atoms with E-state index in [1.54, 1.807) is 6.33 Å². The van der Waals surface area contributed by atoms with Gasteiger partial charge >= 0.3 is 0 Å². The number of imidazole rings is 1. The lowest BCUT2D eigenvalue weighted by Gasteiger charge is -2.05. The molecule has 3 aromatic rings. The minimum Gasteiger partial charge on any atom is -0.395 e. The number of aliphatic hydroxyl groups is 1. The molecule has 5 heteroatoms. The van der Waals surface area contributed by atoms with Crippen LogP contribution in [0.15, 0.2) is 30.6 Å². The summed E-state index contributed by atoms with van der Waals surface area (Å²) in [4.78, 5) is 8.57. The molecule has 0 atom stereocenters. The summed E-state index contributed by atoms with van der Waals surface area (Å²) in [5.41, 5.74) is 8.35. The lowest BCUT2D eigenvalue weighted by atomic mass is 10.2. The van der Waals surface area contributed by atoms with E-state index in [1.807, 2.05) is 28.8 Å². The van der Waals surface area contributed by atoms with Crippen molar-refractivity contribution in [3.05, 3.63) is 30.6 Å². The maximum Gasteiger partial charge on any atom is 0.152 e. The molecule has 3 N–H and O–H groups in total. The first kappa shape index (κ1) is 10.0. The number of nitrogens with zero attached hydrogens (tertiary/aromatic N) is 3. The van der Waals surface area contributed by atoms with E-state index in [-0.39, 0.29) is 6.61 Å². The number of pyridine rings is 1. The van der Waals surface area contributed by atoms with Crippen molar-refractivity contribution in [2.45, 2.75) is 6.54 Å². The summed E-state index contributed by atoms with van der Waals surface area (Å²) in [6.45, 7) is 0.575. The number of nitrogens with two attached hydrogens (primary N) is 1. The first-order valence-electron chi connectivity index (χ1n) is 5.41. The van der Waals surface area contributed by atoms with Crippen LogP contribution >= 0.6 is 0 Å². The molecule has 2 heterocycles. The van der Waals surface area contributed by atoms with E-state index in [2.05, 4.69) is 9.97 Å². The van der Waals surface area contributed by atoms with Crippen LogP contribution in [0.25, 0.3) is 21.9 Å². The van der Waals surface area contributed by atoms with Crippen LogP contribution in [0.3, 0.4) is 0 Å². The maximum absolute atomic E-state index is 9.04. The van der Waals surface area contributed by atoms with Crippen LogP contribution in [-0.4, -0.2) is 26.2 Å². The van der Waals surface area contributed by atoms with E-state index < -0.39 is 0 Å². The van der Waals surface area contributed by atoms with Crippen molar-refractivity contribution in [2.75, 3.05) is 12.3 Å². The van der Waals surface area contributed by atoms with Crippen molar-refractivity contribution >= 4 is 27.8 Å². The van der Waals surface area contributed by atoms with E-state index in [4.69, 9.17) is 10.8 Å². The number of hydrogen-bond donors (Lipinski definition) is 2. The fourth-order valence-corrected chi connectivity index (χ4v) is 2.08. The van der Waals surface area contributed by atoms with Gasteiger partial charge in [0.2, 0.25) is 0 Å². The Balaban J connectivity index is 2.47. The average Bonchev–Trinajstić information content (AvgIpc) is 2.75. The van der Waals surface area contributed by atoms with Crippen LogP contribution in [0.1, 0.15) is 0 Å². The van der Waals surface area contributed by atoms with Gasteiger partial charge in [0.15, 0.2) is 5.82 Å². The van der Waals surface area contributed by atoms with Crippen molar-refractivity contribution in [3.8, 4) is 0 Å².